The average molecular weight is 235 g/mol. The molecule has 1 aromatic heterocycles. The lowest BCUT2D eigenvalue weighted by molar-refractivity contribution is -0.164. The van der Waals surface area contributed by atoms with Gasteiger partial charge in [-0.05, 0) is 26.0 Å². The molecule has 0 amide bonds. The molecule has 0 aliphatic heterocycles. The largest absolute Gasteiger partial charge is 0.479 e. The van der Waals surface area contributed by atoms with Gasteiger partial charge in [-0.15, -0.1) is 11.3 Å². The van der Waals surface area contributed by atoms with E-state index in [4.69, 9.17) is 21.4 Å². The molecule has 0 radical (unpaired) electrons. The zero-order valence-corrected chi connectivity index (χ0v) is 9.48. The van der Waals surface area contributed by atoms with Crippen molar-refractivity contribution in [1.29, 1.82) is 0 Å². The number of halogens is 1. The van der Waals surface area contributed by atoms with Gasteiger partial charge in [0, 0.05) is 11.5 Å². The van der Waals surface area contributed by atoms with Crippen LogP contribution in [0, 0.1) is 0 Å². The summed E-state index contributed by atoms with van der Waals surface area (Å²) in [6.07, 6.45) is 0. The fourth-order valence-corrected chi connectivity index (χ4v) is 2.23. The Morgan fingerprint density at radius 1 is 1.71 bits per heavy atom. The molecule has 0 aliphatic carbocycles. The van der Waals surface area contributed by atoms with Crippen molar-refractivity contribution in [3.05, 3.63) is 21.3 Å². The van der Waals surface area contributed by atoms with Gasteiger partial charge in [-0.1, -0.05) is 11.6 Å². The molecule has 1 aromatic rings. The smallest absolute Gasteiger partial charge is 0.341 e. The lowest BCUT2D eigenvalue weighted by atomic mass is 10.1. The van der Waals surface area contributed by atoms with Crippen LogP contribution in [0.5, 0.6) is 0 Å². The molecule has 1 N–H and O–H groups in total. The lowest BCUT2D eigenvalue weighted by Gasteiger charge is -2.22. The molecule has 14 heavy (non-hydrogen) atoms. The molecule has 3 nitrogen and oxygen atoms in total. The van der Waals surface area contributed by atoms with E-state index in [0.29, 0.717) is 15.8 Å². The van der Waals surface area contributed by atoms with E-state index in [1.807, 2.05) is 0 Å². The number of carboxylic acid groups (broad SMARTS) is 1. The normalized spacial score (nSPS) is 15.1. The van der Waals surface area contributed by atoms with Gasteiger partial charge in [-0.2, -0.15) is 0 Å². The van der Waals surface area contributed by atoms with E-state index in [-0.39, 0.29) is 0 Å². The Morgan fingerprint density at radius 2 is 2.36 bits per heavy atom. The molecule has 0 bridgehead atoms. The standard InChI is InChI=1S/C9H11ClO3S/c1-3-13-9(2,8(11)12)6-4-5-7(10)14-6/h4-5H,3H2,1-2H3,(H,11,12). The van der Waals surface area contributed by atoms with Crippen molar-refractivity contribution in [2.45, 2.75) is 19.4 Å². The highest BCUT2D eigenvalue weighted by Gasteiger charge is 2.37. The summed E-state index contributed by atoms with van der Waals surface area (Å²) in [7, 11) is 0. The maximum Gasteiger partial charge on any atom is 0.341 e. The van der Waals surface area contributed by atoms with Gasteiger partial charge < -0.3 is 9.84 Å². The van der Waals surface area contributed by atoms with Crippen molar-refractivity contribution >= 4 is 28.9 Å². The summed E-state index contributed by atoms with van der Waals surface area (Å²) in [5, 5.41) is 9.06. The van der Waals surface area contributed by atoms with E-state index in [2.05, 4.69) is 0 Å². The molecule has 0 aliphatic rings. The number of hydrogen-bond donors (Lipinski definition) is 1. The van der Waals surface area contributed by atoms with E-state index in [0.717, 1.165) is 0 Å². The first-order valence-electron chi connectivity index (χ1n) is 4.14. The van der Waals surface area contributed by atoms with Crippen LogP contribution in [0.1, 0.15) is 18.7 Å². The molecule has 0 saturated carbocycles. The van der Waals surface area contributed by atoms with E-state index in [1.165, 1.54) is 18.3 Å². The van der Waals surface area contributed by atoms with Crippen molar-refractivity contribution in [2.24, 2.45) is 0 Å². The van der Waals surface area contributed by atoms with Crippen LogP contribution in [0.4, 0.5) is 0 Å². The molecule has 0 spiro atoms. The van der Waals surface area contributed by atoms with Crippen molar-refractivity contribution in [1.82, 2.24) is 0 Å². The number of thiophene rings is 1. The van der Waals surface area contributed by atoms with Gasteiger partial charge in [0.2, 0.25) is 0 Å². The highest BCUT2D eigenvalue weighted by Crippen LogP contribution is 2.33. The third-order valence-corrected chi connectivity index (χ3v) is 3.32. The summed E-state index contributed by atoms with van der Waals surface area (Å²) in [4.78, 5) is 11.7. The zero-order valence-electron chi connectivity index (χ0n) is 7.91. The van der Waals surface area contributed by atoms with Crippen LogP contribution in [-0.2, 0) is 15.1 Å². The van der Waals surface area contributed by atoms with Gasteiger partial charge in [-0.25, -0.2) is 4.79 Å². The quantitative estimate of drug-likeness (QED) is 0.872. The highest BCUT2D eigenvalue weighted by atomic mass is 35.5. The van der Waals surface area contributed by atoms with E-state index < -0.39 is 11.6 Å². The molecule has 0 fully saturated rings. The molecule has 1 atom stereocenters. The Bertz CT molecular complexity index is 337. The second kappa shape index (κ2) is 4.29. The summed E-state index contributed by atoms with van der Waals surface area (Å²) in [6, 6.07) is 3.35. The Kier molecular flexibility index (Phi) is 3.53. The summed E-state index contributed by atoms with van der Waals surface area (Å²) in [5.41, 5.74) is -1.29. The maximum atomic E-state index is 11.1. The van der Waals surface area contributed by atoms with Crippen LogP contribution in [0.2, 0.25) is 4.34 Å². The molecule has 1 unspecified atom stereocenters. The topological polar surface area (TPSA) is 46.5 Å². The maximum absolute atomic E-state index is 11.1. The molecule has 0 aromatic carbocycles. The molecule has 0 saturated heterocycles. The van der Waals surface area contributed by atoms with Crippen molar-refractivity contribution in [2.75, 3.05) is 6.61 Å². The van der Waals surface area contributed by atoms with E-state index in [9.17, 15) is 4.79 Å². The van der Waals surface area contributed by atoms with Gasteiger partial charge in [0.25, 0.3) is 0 Å². The first kappa shape index (κ1) is 11.5. The molecule has 1 heterocycles. The second-order valence-electron chi connectivity index (χ2n) is 2.88. The fraction of sp³-hybridized carbons (Fsp3) is 0.444. The van der Waals surface area contributed by atoms with Gasteiger partial charge >= 0.3 is 5.97 Å². The average Bonchev–Trinajstić information content (AvgIpc) is 2.52. The summed E-state index contributed by atoms with van der Waals surface area (Å²) in [6.45, 7) is 3.63. The van der Waals surface area contributed by atoms with Crippen LogP contribution < -0.4 is 0 Å². The van der Waals surface area contributed by atoms with Crippen molar-refractivity contribution in [3.63, 3.8) is 0 Å². The zero-order chi connectivity index (χ0) is 10.8. The highest BCUT2D eigenvalue weighted by molar-refractivity contribution is 7.16. The number of ether oxygens (including phenoxy) is 1. The third kappa shape index (κ3) is 2.08. The van der Waals surface area contributed by atoms with Crippen LogP contribution >= 0.6 is 22.9 Å². The van der Waals surface area contributed by atoms with Gasteiger partial charge in [0.1, 0.15) is 0 Å². The predicted molar refractivity (Wildman–Crippen MR) is 55.9 cm³/mol. The Balaban J connectivity index is 3.05. The van der Waals surface area contributed by atoms with Gasteiger partial charge in [0.05, 0.1) is 4.34 Å². The van der Waals surface area contributed by atoms with E-state index >= 15 is 0 Å². The monoisotopic (exact) mass is 234 g/mol. The van der Waals surface area contributed by atoms with Crippen molar-refractivity contribution < 1.29 is 14.6 Å². The predicted octanol–water partition coefficient (Wildman–Crippen LogP) is 2.74. The van der Waals surface area contributed by atoms with Gasteiger partial charge in [0.15, 0.2) is 5.60 Å². The fourth-order valence-electron chi connectivity index (χ4n) is 1.10. The first-order valence-corrected chi connectivity index (χ1v) is 5.33. The molecular weight excluding hydrogens is 224 g/mol. The molecule has 78 valence electrons. The third-order valence-electron chi connectivity index (χ3n) is 1.88. The van der Waals surface area contributed by atoms with Crippen LogP contribution in [0.3, 0.4) is 0 Å². The number of rotatable bonds is 4. The van der Waals surface area contributed by atoms with Crippen LogP contribution in [-0.4, -0.2) is 17.7 Å². The SMILES string of the molecule is CCOC(C)(C(=O)O)c1ccc(Cl)s1. The summed E-state index contributed by atoms with van der Waals surface area (Å²) >= 11 is 6.96. The van der Waals surface area contributed by atoms with E-state index in [1.54, 1.807) is 19.1 Å². The number of hydrogen-bond acceptors (Lipinski definition) is 3. The van der Waals surface area contributed by atoms with Crippen LogP contribution in [0.25, 0.3) is 0 Å². The number of carbonyl (C=O) groups is 1. The summed E-state index contributed by atoms with van der Waals surface area (Å²) in [5.74, 6) is -1.00. The minimum atomic E-state index is -1.29. The number of carboxylic acids is 1. The second-order valence-corrected chi connectivity index (χ2v) is 4.59. The Hall–Kier alpha value is -0.580. The van der Waals surface area contributed by atoms with Crippen molar-refractivity contribution in [3.8, 4) is 0 Å². The van der Waals surface area contributed by atoms with Crippen LogP contribution in [0.15, 0.2) is 12.1 Å². The Morgan fingerprint density at radius 3 is 2.71 bits per heavy atom. The summed E-state index contributed by atoms with van der Waals surface area (Å²) < 4.78 is 5.80. The minimum Gasteiger partial charge on any atom is -0.479 e. The molecular formula is C9H11ClO3S. The minimum absolute atomic E-state index is 0.346. The first-order chi connectivity index (χ1) is 6.50. The molecule has 1 rings (SSSR count). The van der Waals surface area contributed by atoms with Gasteiger partial charge in [-0.3, -0.25) is 0 Å². The Labute approximate surface area is 91.3 Å². The molecule has 5 heteroatoms. The lowest BCUT2D eigenvalue weighted by Crippen LogP contribution is -2.34. The number of aliphatic carboxylic acids is 1.